The van der Waals surface area contributed by atoms with Crippen molar-refractivity contribution >= 4 is 17.7 Å². The maximum absolute atomic E-state index is 12.0. The Bertz CT molecular complexity index is 555. The van der Waals surface area contributed by atoms with Gasteiger partial charge in [-0.3, -0.25) is 4.98 Å². The number of ether oxygens (including phenoxy) is 2. The maximum Gasteiger partial charge on any atom is 0.410 e. The quantitative estimate of drug-likeness (QED) is 0.707. The SMILES string of the molecule is CC(C)(C)OC(=O)N1CCC(CCCOCc2nccnc2Cl)CC1. The van der Waals surface area contributed by atoms with Crippen LogP contribution in [0.3, 0.4) is 0 Å². The molecule has 1 aromatic rings. The van der Waals surface area contributed by atoms with Gasteiger partial charge in [0, 0.05) is 32.1 Å². The van der Waals surface area contributed by atoms with Crippen LogP contribution >= 0.6 is 11.6 Å². The van der Waals surface area contributed by atoms with Gasteiger partial charge in [-0.25, -0.2) is 9.78 Å². The number of amides is 1. The van der Waals surface area contributed by atoms with Crippen molar-refractivity contribution in [3.8, 4) is 0 Å². The normalized spacial score (nSPS) is 16.1. The second-order valence-electron chi connectivity index (χ2n) is 7.40. The van der Waals surface area contributed by atoms with Crippen molar-refractivity contribution in [3.05, 3.63) is 23.2 Å². The average molecular weight is 370 g/mol. The van der Waals surface area contributed by atoms with E-state index in [4.69, 9.17) is 21.1 Å². The zero-order valence-corrected chi connectivity index (χ0v) is 16.1. The summed E-state index contributed by atoms with van der Waals surface area (Å²) in [5.74, 6) is 0.641. The summed E-state index contributed by atoms with van der Waals surface area (Å²) in [7, 11) is 0. The molecule has 0 spiro atoms. The number of aromatic nitrogens is 2. The molecule has 6 nitrogen and oxygen atoms in total. The van der Waals surface area contributed by atoms with Gasteiger partial charge in [0.25, 0.3) is 0 Å². The third-order valence-electron chi connectivity index (χ3n) is 4.13. The predicted molar refractivity (Wildman–Crippen MR) is 96.5 cm³/mol. The number of likely N-dealkylation sites (tertiary alicyclic amines) is 1. The van der Waals surface area contributed by atoms with Gasteiger partial charge in [0.05, 0.1) is 6.61 Å². The van der Waals surface area contributed by atoms with Gasteiger partial charge in [0.1, 0.15) is 11.3 Å². The topological polar surface area (TPSA) is 64.5 Å². The molecule has 0 aromatic carbocycles. The second kappa shape index (κ2) is 9.34. The largest absolute Gasteiger partial charge is 0.444 e. The number of carbonyl (C=O) groups is 1. The maximum atomic E-state index is 12.0. The minimum Gasteiger partial charge on any atom is -0.444 e. The molecule has 2 heterocycles. The van der Waals surface area contributed by atoms with E-state index < -0.39 is 5.60 Å². The Balaban J connectivity index is 1.58. The highest BCUT2D eigenvalue weighted by Gasteiger charge is 2.26. The molecule has 0 radical (unpaired) electrons. The lowest BCUT2D eigenvalue weighted by Crippen LogP contribution is -2.41. The van der Waals surface area contributed by atoms with Crippen LogP contribution in [-0.4, -0.2) is 46.3 Å². The summed E-state index contributed by atoms with van der Waals surface area (Å²) >= 11 is 5.94. The van der Waals surface area contributed by atoms with Gasteiger partial charge in [0.2, 0.25) is 0 Å². The number of rotatable bonds is 6. The standard InChI is InChI=1S/C18H28ClN3O3/c1-18(2,3)25-17(23)22-10-6-14(7-11-22)5-4-12-24-13-15-16(19)21-9-8-20-15/h8-9,14H,4-7,10-13H2,1-3H3. The summed E-state index contributed by atoms with van der Waals surface area (Å²) < 4.78 is 11.1. The van der Waals surface area contributed by atoms with Crippen LogP contribution in [-0.2, 0) is 16.1 Å². The summed E-state index contributed by atoms with van der Waals surface area (Å²) in [6.07, 6.45) is 7.13. The highest BCUT2D eigenvalue weighted by atomic mass is 35.5. The van der Waals surface area contributed by atoms with Crippen LogP contribution in [0, 0.1) is 5.92 Å². The summed E-state index contributed by atoms with van der Waals surface area (Å²) in [6, 6.07) is 0. The van der Waals surface area contributed by atoms with Crippen LogP contribution in [0.4, 0.5) is 4.79 Å². The van der Waals surface area contributed by atoms with E-state index in [2.05, 4.69) is 9.97 Å². The van der Waals surface area contributed by atoms with Crippen molar-refractivity contribution in [3.63, 3.8) is 0 Å². The minimum absolute atomic E-state index is 0.199. The van der Waals surface area contributed by atoms with Crippen LogP contribution in [0.1, 0.15) is 52.1 Å². The fourth-order valence-electron chi connectivity index (χ4n) is 2.82. The van der Waals surface area contributed by atoms with E-state index in [0.29, 0.717) is 30.0 Å². The van der Waals surface area contributed by atoms with Crippen molar-refractivity contribution in [1.82, 2.24) is 14.9 Å². The van der Waals surface area contributed by atoms with Gasteiger partial charge >= 0.3 is 6.09 Å². The molecule has 1 aliphatic rings. The Labute approximate surface area is 154 Å². The third-order valence-corrected chi connectivity index (χ3v) is 4.44. The van der Waals surface area contributed by atoms with E-state index in [-0.39, 0.29) is 6.09 Å². The van der Waals surface area contributed by atoms with E-state index in [0.717, 1.165) is 38.8 Å². The van der Waals surface area contributed by atoms with E-state index in [1.807, 2.05) is 25.7 Å². The van der Waals surface area contributed by atoms with Gasteiger partial charge in [-0.15, -0.1) is 0 Å². The Morgan fingerprint density at radius 3 is 2.60 bits per heavy atom. The fourth-order valence-corrected chi connectivity index (χ4v) is 2.98. The molecule has 2 rings (SSSR count). The molecule has 0 N–H and O–H groups in total. The summed E-state index contributed by atoms with van der Waals surface area (Å²) in [6.45, 7) is 8.30. The fraction of sp³-hybridized carbons (Fsp3) is 0.722. The van der Waals surface area contributed by atoms with Gasteiger partial charge in [-0.2, -0.15) is 0 Å². The van der Waals surface area contributed by atoms with E-state index >= 15 is 0 Å². The average Bonchev–Trinajstić information content (AvgIpc) is 2.55. The Morgan fingerprint density at radius 1 is 1.28 bits per heavy atom. The van der Waals surface area contributed by atoms with Crippen molar-refractivity contribution in [1.29, 1.82) is 0 Å². The molecule has 1 saturated heterocycles. The van der Waals surface area contributed by atoms with Crippen LogP contribution in [0.15, 0.2) is 12.4 Å². The zero-order valence-electron chi connectivity index (χ0n) is 15.3. The van der Waals surface area contributed by atoms with Crippen LogP contribution in [0.25, 0.3) is 0 Å². The highest BCUT2D eigenvalue weighted by molar-refractivity contribution is 6.29. The molecule has 1 aromatic heterocycles. The first kappa shape index (κ1) is 19.9. The van der Waals surface area contributed by atoms with Gasteiger partial charge in [-0.05, 0) is 52.4 Å². The number of nitrogens with zero attached hydrogens (tertiary/aromatic N) is 3. The zero-order chi connectivity index (χ0) is 18.3. The van der Waals surface area contributed by atoms with E-state index in [1.165, 1.54) is 0 Å². The van der Waals surface area contributed by atoms with Crippen LogP contribution < -0.4 is 0 Å². The number of piperidine rings is 1. The Hall–Kier alpha value is -1.40. The first-order valence-corrected chi connectivity index (χ1v) is 9.24. The Morgan fingerprint density at radius 2 is 1.96 bits per heavy atom. The monoisotopic (exact) mass is 369 g/mol. The summed E-state index contributed by atoms with van der Waals surface area (Å²) in [5.41, 5.74) is 0.243. The molecule has 0 unspecified atom stereocenters. The lowest BCUT2D eigenvalue weighted by molar-refractivity contribution is 0.0176. The molecule has 0 saturated carbocycles. The molecular formula is C18H28ClN3O3. The van der Waals surface area contributed by atoms with Crippen molar-refractivity contribution < 1.29 is 14.3 Å². The molecule has 0 bridgehead atoms. The second-order valence-corrected chi connectivity index (χ2v) is 7.76. The van der Waals surface area contributed by atoms with Gasteiger partial charge in [-0.1, -0.05) is 11.6 Å². The van der Waals surface area contributed by atoms with Gasteiger partial charge < -0.3 is 14.4 Å². The van der Waals surface area contributed by atoms with Crippen LogP contribution in [0.5, 0.6) is 0 Å². The number of halogens is 1. The minimum atomic E-state index is -0.433. The van der Waals surface area contributed by atoms with Crippen LogP contribution in [0.2, 0.25) is 5.15 Å². The molecule has 1 aliphatic heterocycles. The predicted octanol–water partition coefficient (Wildman–Crippen LogP) is 4.07. The first-order valence-electron chi connectivity index (χ1n) is 8.86. The summed E-state index contributed by atoms with van der Waals surface area (Å²) in [5, 5.41) is 0.400. The highest BCUT2D eigenvalue weighted by Crippen LogP contribution is 2.23. The smallest absolute Gasteiger partial charge is 0.410 e. The van der Waals surface area contributed by atoms with Crippen molar-refractivity contribution in [2.45, 2.75) is 58.7 Å². The molecular weight excluding hydrogens is 342 g/mol. The number of hydrogen-bond acceptors (Lipinski definition) is 5. The molecule has 0 aliphatic carbocycles. The lowest BCUT2D eigenvalue weighted by atomic mass is 9.92. The molecule has 140 valence electrons. The van der Waals surface area contributed by atoms with Gasteiger partial charge in [0.15, 0.2) is 5.15 Å². The lowest BCUT2D eigenvalue weighted by Gasteiger charge is -2.33. The number of hydrogen-bond donors (Lipinski definition) is 0. The van der Waals surface area contributed by atoms with Crippen molar-refractivity contribution in [2.75, 3.05) is 19.7 Å². The van der Waals surface area contributed by atoms with Crippen molar-refractivity contribution in [2.24, 2.45) is 5.92 Å². The number of carbonyl (C=O) groups excluding carboxylic acids is 1. The third kappa shape index (κ3) is 7.16. The molecule has 1 fully saturated rings. The summed E-state index contributed by atoms with van der Waals surface area (Å²) in [4.78, 5) is 22.0. The molecule has 1 amide bonds. The Kier molecular flexibility index (Phi) is 7.44. The molecule has 0 atom stereocenters. The van der Waals surface area contributed by atoms with E-state index in [9.17, 15) is 4.79 Å². The molecule has 25 heavy (non-hydrogen) atoms. The van der Waals surface area contributed by atoms with E-state index in [1.54, 1.807) is 12.4 Å². The first-order chi connectivity index (χ1) is 11.8. The molecule has 7 heteroatoms.